The number of aromatic nitrogens is 1. The lowest BCUT2D eigenvalue weighted by molar-refractivity contribution is 0.357. The molecule has 1 N–H and O–H groups in total. The highest BCUT2D eigenvalue weighted by atomic mass is 32.2. The monoisotopic (exact) mass is 478 g/mol. The summed E-state index contributed by atoms with van der Waals surface area (Å²) in [6.45, 7) is 10.1. The summed E-state index contributed by atoms with van der Waals surface area (Å²) < 4.78 is 34.1. The Morgan fingerprint density at radius 3 is 2.29 bits per heavy atom. The molecule has 0 saturated carbocycles. The molecule has 178 valence electrons. The molecule has 4 aromatic rings. The van der Waals surface area contributed by atoms with Crippen LogP contribution in [0.1, 0.15) is 48.8 Å². The quantitative estimate of drug-likeness (QED) is 0.401. The van der Waals surface area contributed by atoms with Crippen molar-refractivity contribution in [2.24, 2.45) is 0 Å². The van der Waals surface area contributed by atoms with Gasteiger partial charge in [0, 0.05) is 12.1 Å². The molecule has 0 radical (unpaired) electrons. The van der Waals surface area contributed by atoms with Crippen LogP contribution in [-0.2, 0) is 28.5 Å². The van der Waals surface area contributed by atoms with Gasteiger partial charge in [0.1, 0.15) is 5.76 Å². The Morgan fingerprint density at radius 1 is 0.971 bits per heavy atom. The van der Waals surface area contributed by atoms with Crippen molar-refractivity contribution in [3.8, 4) is 0 Å². The Kier molecular flexibility index (Phi) is 6.27. The lowest BCUT2D eigenvalue weighted by Gasteiger charge is -2.23. The Morgan fingerprint density at radius 2 is 1.68 bits per heavy atom. The predicted octanol–water partition coefficient (Wildman–Crippen LogP) is 5.43. The average molecular weight is 479 g/mol. The van der Waals surface area contributed by atoms with Gasteiger partial charge in [-0.15, -0.1) is 0 Å². The van der Waals surface area contributed by atoms with Gasteiger partial charge in [0.25, 0.3) is 5.56 Å². The van der Waals surface area contributed by atoms with Crippen molar-refractivity contribution in [2.75, 3.05) is 0 Å². The van der Waals surface area contributed by atoms with Crippen LogP contribution >= 0.6 is 0 Å². The van der Waals surface area contributed by atoms with Crippen LogP contribution < -0.4 is 5.56 Å². The van der Waals surface area contributed by atoms with Gasteiger partial charge in [-0.3, -0.25) is 4.79 Å². The number of hydrogen-bond acceptors (Lipinski definition) is 4. The number of benzene rings is 2. The molecule has 4 rings (SSSR count). The van der Waals surface area contributed by atoms with E-state index in [9.17, 15) is 13.2 Å². The number of rotatable bonds is 6. The molecule has 0 spiro atoms. The van der Waals surface area contributed by atoms with Crippen molar-refractivity contribution in [3.63, 3.8) is 0 Å². The molecule has 0 aliphatic carbocycles. The molecule has 0 amide bonds. The summed E-state index contributed by atoms with van der Waals surface area (Å²) in [5.41, 5.74) is 3.87. The lowest BCUT2D eigenvalue weighted by Crippen LogP contribution is -2.32. The number of fused-ring (bicyclic) bond motifs is 1. The standard InChI is InChI=1S/C27H30N2O4S/c1-18-8-9-20-15-21(26(30)28-25(20)19(18)2)16-29(17-23-7-6-14-33-23)34(31,32)24-12-10-22(11-13-24)27(3,4)5/h6-15H,16-17H2,1-5H3,(H,28,30). The Bertz CT molecular complexity index is 1480. The van der Waals surface area contributed by atoms with Gasteiger partial charge in [-0.1, -0.05) is 45.0 Å². The van der Waals surface area contributed by atoms with Crippen LogP contribution in [0, 0.1) is 13.8 Å². The summed E-state index contributed by atoms with van der Waals surface area (Å²) >= 11 is 0. The third-order valence-electron chi connectivity index (χ3n) is 6.25. The summed E-state index contributed by atoms with van der Waals surface area (Å²) in [5.74, 6) is 0.499. The van der Waals surface area contributed by atoms with Gasteiger partial charge in [0.05, 0.1) is 23.2 Å². The molecule has 34 heavy (non-hydrogen) atoms. The molecule has 0 aliphatic rings. The second-order valence-corrected chi connectivity index (χ2v) is 11.7. The highest BCUT2D eigenvalue weighted by Gasteiger charge is 2.27. The summed E-state index contributed by atoms with van der Waals surface area (Å²) in [4.78, 5) is 16.1. The zero-order chi connectivity index (χ0) is 24.7. The fourth-order valence-corrected chi connectivity index (χ4v) is 5.34. The number of hydrogen-bond donors (Lipinski definition) is 1. The molecule has 2 heterocycles. The normalized spacial score (nSPS) is 12.5. The smallest absolute Gasteiger partial charge is 0.252 e. The first kappa shape index (κ1) is 24.0. The maximum atomic E-state index is 13.7. The van der Waals surface area contributed by atoms with E-state index in [0.29, 0.717) is 11.3 Å². The van der Waals surface area contributed by atoms with E-state index in [4.69, 9.17) is 4.42 Å². The van der Waals surface area contributed by atoms with E-state index < -0.39 is 10.0 Å². The van der Waals surface area contributed by atoms with Gasteiger partial charge in [0.15, 0.2) is 0 Å². The van der Waals surface area contributed by atoms with Gasteiger partial charge < -0.3 is 9.40 Å². The summed E-state index contributed by atoms with van der Waals surface area (Å²) in [6.07, 6.45) is 1.51. The number of sulfonamides is 1. The van der Waals surface area contributed by atoms with Crippen LogP contribution in [0.5, 0.6) is 0 Å². The SMILES string of the molecule is Cc1ccc2cc(CN(Cc3ccco3)S(=O)(=O)c3ccc(C(C)(C)C)cc3)c(=O)[nH]c2c1C. The van der Waals surface area contributed by atoms with E-state index in [-0.39, 0.29) is 29.0 Å². The number of aromatic amines is 1. The fraction of sp³-hybridized carbons (Fsp3) is 0.296. The van der Waals surface area contributed by atoms with Crippen LogP contribution in [0.15, 0.2) is 75.0 Å². The van der Waals surface area contributed by atoms with Crippen LogP contribution in [0.25, 0.3) is 10.9 Å². The molecule has 0 bridgehead atoms. The average Bonchev–Trinajstić information content (AvgIpc) is 3.30. The van der Waals surface area contributed by atoms with Crippen LogP contribution in [-0.4, -0.2) is 17.7 Å². The lowest BCUT2D eigenvalue weighted by atomic mass is 9.87. The Hall–Kier alpha value is -3.16. The first-order valence-corrected chi connectivity index (χ1v) is 12.7. The maximum Gasteiger partial charge on any atom is 0.252 e. The van der Waals surface area contributed by atoms with E-state index >= 15 is 0 Å². The van der Waals surface area contributed by atoms with Gasteiger partial charge >= 0.3 is 0 Å². The predicted molar refractivity (Wildman–Crippen MR) is 134 cm³/mol. The van der Waals surface area contributed by atoms with Gasteiger partial charge in [-0.05, 0) is 71.7 Å². The zero-order valence-electron chi connectivity index (χ0n) is 20.2. The van der Waals surface area contributed by atoms with Crippen molar-refractivity contribution >= 4 is 20.9 Å². The van der Waals surface area contributed by atoms with E-state index in [0.717, 1.165) is 27.6 Å². The maximum absolute atomic E-state index is 13.7. The van der Waals surface area contributed by atoms with Crippen LogP contribution in [0.4, 0.5) is 0 Å². The summed E-state index contributed by atoms with van der Waals surface area (Å²) in [6, 6.07) is 16.1. The Balaban J connectivity index is 1.76. The molecule has 6 nitrogen and oxygen atoms in total. The first-order chi connectivity index (χ1) is 16.0. The van der Waals surface area contributed by atoms with Gasteiger partial charge in [-0.25, -0.2) is 8.42 Å². The fourth-order valence-electron chi connectivity index (χ4n) is 3.96. The summed E-state index contributed by atoms with van der Waals surface area (Å²) in [7, 11) is -3.90. The molecule has 0 saturated heterocycles. The second kappa shape index (κ2) is 8.89. The number of pyridine rings is 1. The summed E-state index contributed by atoms with van der Waals surface area (Å²) in [5, 5.41) is 0.863. The highest BCUT2D eigenvalue weighted by molar-refractivity contribution is 7.89. The first-order valence-electron chi connectivity index (χ1n) is 11.2. The van der Waals surface area contributed by atoms with Crippen molar-refractivity contribution < 1.29 is 12.8 Å². The van der Waals surface area contributed by atoms with Gasteiger partial charge in [0.2, 0.25) is 10.0 Å². The third kappa shape index (κ3) is 4.72. The second-order valence-electron chi connectivity index (χ2n) is 9.72. The van der Waals surface area contributed by atoms with Crippen molar-refractivity contribution in [1.29, 1.82) is 0 Å². The number of nitrogens with zero attached hydrogens (tertiary/aromatic N) is 1. The molecule has 7 heteroatoms. The van der Waals surface area contributed by atoms with Crippen LogP contribution in [0.2, 0.25) is 0 Å². The molecule has 2 aromatic heterocycles. The van der Waals surface area contributed by atoms with E-state index in [1.807, 2.05) is 38.1 Å². The van der Waals surface area contributed by atoms with E-state index in [1.54, 1.807) is 30.3 Å². The highest BCUT2D eigenvalue weighted by Crippen LogP contribution is 2.27. The molecule has 2 aromatic carbocycles. The van der Waals surface area contributed by atoms with E-state index in [1.165, 1.54) is 10.6 Å². The minimum Gasteiger partial charge on any atom is -0.468 e. The minimum atomic E-state index is -3.90. The molecular formula is C27H30N2O4S. The van der Waals surface area contributed by atoms with Crippen LogP contribution in [0.3, 0.4) is 0 Å². The Labute approximate surface area is 200 Å². The number of aryl methyl sites for hydroxylation is 2. The molecular weight excluding hydrogens is 448 g/mol. The van der Waals surface area contributed by atoms with E-state index in [2.05, 4.69) is 25.8 Å². The molecule has 0 aliphatic heterocycles. The zero-order valence-corrected chi connectivity index (χ0v) is 21.0. The number of nitrogens with one attached hydrogen (secondary N) is 1. The molecule has 0 atom stereocenters. The molecule has 0 fully saturated rings. The van der Waals surface area contributed by atoms with Gasteiger partial charge in [-0.2, -0.15) is 4.31 Å². The minimum absolute atomic E-state index is 0.0146. The van der Waals surface area contributed by atoms with Crippen molar-refractivity contribution in [3.05, 3.63) is 99.2 Å². The topological polar surface area (TPSA) is 83.4 Å². The number of furan rings is 1. The van der Waals surface area contributed by atoms with Crippen molar-refractivity contribution in [2.45, 2.75) is 58.0 Å². The molecule has 0 unspecified atom stereocenters. The van der Waals surface area contributed by atoms with Crippen molar-refractivity contribution in [1.82, 2.24) is 9.29 Å². The third-order valence-corrected chi connectivity index (χ3v) is 8.05. The number of H-pyrrole nitrogens is 1. The largest absolute Gasteiger partial charge is 0.468 e.